The molecule has 0 spiro atoms. The molecule has 0 atom stereocenters. The van der Waals surface area contributed by atoms with Crippen molar-refractivity contribution in [3.05, 3.63) is 78.4 Å². The van der Waals surface area contributed by atoms with Crippen LogP contribution in [0.2, 0.25) is 0 Å². The number of hydrogen-bond donors (Lipinski definition) is 3. The number of aliphatic hydroxyl groups excluding tert-OH is 1. The van der Waals surface area contributed by atoms with E-state index in [4.69, 9.17) is 4.74 Å². The lowest BCUT2D eigenvalue weighted by Crippen LogP contribution is -2.28. The van der Waals surface area contributed by atoms with Crippen LogP contribution in [0.4, 0.5) is 10.5 Å². The summed E-state index contributed by atoms with van der Waals surface area (Å²) in [5.41, 5.74) is 2.75. The summed E-state index contributed by atoms with van der Waals surface area (Å²) in [7, 11) is -3.82. The summed E-state index contributed by atoms with van der Waals surface area (Å²) in [4.78, 5) is 12.9. The topological polar surface area (TPSA) is 105 Å². The molecular formula is C32H38N2O5S2. The average Bonchev–Trinajstić information content (AvgIpc) is 3.28. The van der Waals surface area contributed by atoms with Gasteiger partial charge in [0.2, 0.25) is 0 Å². The Morgan fingerprint density at radius 3 is 2.27 bits per heavy atom. The summed E-state index contributed by atoms with van der Waals surface area (Å²) in [5, 5.41) is 13.4. The number of rotatable bonds is 10. The number of sulfonamides is 1. The largest absolute Gasteiger partial charge is 0.413 e. The Labute approximate surface area is 246 Å². The monoisotopic (exact) mass is 594 g/mol. The zero-order chi connectivity index (χ0) is 29.8. The minimum absolute atomic E-state index is 0.0823. The Kier molecular flexibility index (Phi) is 9.11. The number of carbonyl (C=O) groups is 1. The van der Waals surface area contributed by atoms with Crippen LogP contribution in [0.25, 0.3) is 21.2 Å². The Balaban J connectivity index is 1.59. The van der Waals surface area contributed by atoms with E-state index in [0.717, 1.165) is 33.2 Å². The van der Waals surface area contributed by atoms with Crippen molar-refractivity contribution < 1.29 is 23.1 Å². The van der Waals surface area contributed by atoms with Gasteiger partial charge in [0, 0.05) is 34.5 Å². The molecular weight excluding hydrogens is 556 g/mol. The van der Waals surface area contributed by atoms with Gasteiger partial charge in [0.15, 0.2) is 5.06 Å². The first kappa shape index (κ1) is 30.6. The van der Waals surface area contributed by atoms with Gasteiger partial charge in [-0.05, 0) is 65.1 Å². The smallest absolute Gasteiger partial charge is 0.399 e. The van der Waals surface area contributed by atoms with Crippen molar-refractivity contribution in [1.82, 2.24) is 5.32 Å². The van der Waals surface area contributed by atoms with Gasteiger partial charge in [0.1, 0.15) is 0 Å². The maximum atomic E-state index is 13.2. The fourth-order valence-electron chi connectivity index (χ4n) is 4.39. The predicted molar refractivity (Wildman–Crippen MR) is 167 cm³/mol. The highest BCUT2D eigenvalue weighted by atomic mass is 32.2. The third-order valence-corrected chi connectivity index (χ3v) is 9.36. The molecule has 4 aromatic rings. The third kappa shape index (κ3) is 7.67. The second-order valence-electron chi connectivity index (χ2n) is 12.0. The zero-order valence-corrected chi connectivity index (χ0v) is 25.8. The number of anilines is 1. The molecule has 7 nitrogen and oxygen atoms in total. The molecule has 1 amide bonds. The lowest BCUT2D eigenvalue weighted by atomic mass is 9.87. The maximum Gasteiger partial charge on any atom is 0.413 e. The van der Waals surface area contributed by atoms with Gasteiger partial charge in [-0.3, -0.25) is 4.72 Å². The van der Waals surface area contributed by atoms with E-state index in [1.807, 2.05) is 62.4 Å². The molecule has 3 N–H and O–H groups in total. The van der Waals surface area contributed by atoms with Crippen LogP contribution in [0.5, 0.6) is 5.06 Å². The predicted octanol–water partition coefficient (Wildman–Crippen LogP) is 7.55. The number of aliphatic hydroxyl groups is 1. The molecule has 0 aliphatic heterocycles. The van der Waals surface area contributed by atoms with Crippen molar-refractivity contribution in [3.63, 3.8) is 0 Å². The Hall–Kier alpha value is -3.40. The molecule has 41 heavy (non-hydrogen) atoms. The van der Waals surface area contributed by atoms with E-state index in [9.17, 15) is 18.3 Å². The number of carbonyl (C=O) groups excluding carboxylic acids is 1. The van der Waals surface area contributed by atoms with Crippen LogP contribution in [0.1, 0.15) is 53.0 Å². The molecule has 9 heteroatoms. The maximum absolute atomic E-state index is 13.2. The quantitative estimate of drug-likeness (QED) is 0.164. The lowest BCUT2D eigenvalue weighted by molar-refractivity contribution is 0.147. The number of benzene rings is 3. The summed E-state index contributed by atoms with van der Waals surface area (Å²) >= 11 is 1.33. The van der Waals surface area contributed by atoms with Gasteiger partial charge in [-0.1, -0.05) is 88.4 Å². The SMILES string of the molecule is CC(C)(CO)CCCNC(=O)Oc1sc2ccc(NS(=O)(=O)c3ccc(C(C)(C)C)cc3)cc2c1-c1ccccc1. The van der Waals surface area contributed by atoms with Crippen molar-refractivity contribution in [2.75, 3.05) is 17.9 Å². The van der Waals surface area contributed by atoms with Crippen LogP contribution in [0.3, 0.4) is 0 Å². The first-order valence-corrected chi connectivity index (χ1v) is 15.9. The molecule has 1 aromatic heterocycles. The summed E-state index contributed by atoms with van der Waals surface area (Å²) in [6.45, 7) is 10.7. The molecule has 0 bridgehead atoms. The summed E-state index contributed by atoms with van der Waals surface area (Å²) in [6.07, 6.45) is 0.917. The second kappa shape index (κ2) is 12.2. The molecule has 0 fully saturated rings. The number of fused-ring (bicyclic) bond motifs is 1. The molecule has 0 saturated heterocycles. The highest BCUT2D eigenvalue weighted by molar-refractivity contribution is 7.92. The number of hydrogen-bond acceptors (Lipinski definition) is 6. The van der Waals surface area contributed by atoms with Crippen molar-refractivity contribution in [1.29, 1.82) is 0 Å². The standard InChI is InChI=1S/C32H38N2O5S2/c1-31(2,3)23-12-15-25(16-13-23)41(37,38)34-24-14-17-27-26(20-24)28(22-10-7-6-8-11-22)29(40-27)39-30(36)33-19-9-18-32(4,5)21-35/h6-8,10-17,20,34-35H,9,18-19,21H2,1-5H3,(H,33,36). The molecule has 218 valence electrons. The Morgan fingerprint density at radius 2 is 1.63 bits per heavy atom. The lowest BCUT2D eigenvalue weighted by Gasteiger charge is -2.21. The van der Waals surface area contributed by atoms with Crippen molar-refractivity contribution >= 4 is 43.2 Å². The Bertz CT molecular complexity index is 1600. The number of thiophene rings is 1. The van der Waals surface area contributed by atoms with Crippen molar-refractivity contribution in [2.24, 2.45) is 5.41 Å². The van der Waals surface area contributed by atoms with Gasteiger partial charge in [0.05, 0.1) is 4.90 Å². The first-order chi connectivity index (χ1) is 19.3. The zero-order valence-electron chi connectivity index (χ0n) is 24.2. The normalized spacial score (nSPS) is 12.3. The number of nitrogens with one attached hydrogen (secondary N) is 2. The Morgan fingerprint density at radius 1 is 0.951 bits per heavy atom. The molecule has 4 rings (SSSR count). The molecule has 0 unspecified atom stereocenters. The highest BCUT2D eigenvalue weighted by Crippen LogP contribution is 2.45. The third-order valence-electron chi connectivity index (χ3n) is 6.91. The molecule has 0 aliphatic rings. The van der Waals surface area contributed by atoms with E-state index in [0.29, 0.717) is 23.7 Å². The minimum Gasteiger partial charge on any atom is -0.399 e. The van der Waals surface area contributed by atoms with Crippen LogP contribution in [-0.2, 0) is 15.4 Å². The number of amides is 1. The molecule has 0 aliphatic carbocycles. The van der Waals surface area contributed by atoms with E-state index >= 15 is 0 Å². The second-order valence-corrected chi connectivity index (χ2v) is 14.7. The number of ether oxygens (including phenoxy) is 1. The molecule has 0 radical (unpaired) electrons. The fraction of sp³-hybridized carbons (Fsp3) is 0.344. The first-order valence-electron chi connectivity index (χ1n) is 13.6. The fourth-order valence-corrected chi connectivity index (χ4v) is 6.50. The molecule has 3 aromatic carbocycles. The van der Waals surface area contributed by atoms with Gasteiger partial charge in [0.25, 0.3) is 10.0 Å². The van der Waals surface area contributed by atoms with E-state index in [1.165, 1.54) is 11.3 Å². The van der Waals surface area contributed by atoms with Crippen LogP contribution in [-0.4, -0.2) is 32.8 Å². The molecule has 0 saturated carbocycles. The van der Waals surface area contributed by atoms with E-state index in [2.05, 4.69) is 30.8 Å². The van der Waals surface area contributed by atoms with E-state index in [-0.39, 0.29) is 22.3 Å². The average molecular weight is 595 g/mol. The van der Waals surface area contributed by atoms with Gasteiger partial charge in [-0.2, -0.15) is 0 Å². The van der Waals surface area contributed by atoms with Crippen molar-refractivity contribution in [2.45, 2.75) is 57.8 Å². The summed E-state index contributed by atoms with van der Waals surface area (Å²) in [6, 6.07) is 21.8. The van der Waals surface area contributed by atoms with E-state index in [1.54, 1.807) is 24.3 Å². The van der Waals surface area contributed by atoms with E-state index < -0.39 is 16.1 Å². The highest BCUT2D eigenvalue weighted by Gasteiger charge is 2.22. The minimum atomic E-state index is -3.82. The van der Waals surface area contributed by atoms with Crippen LogP contribution in [0, 0.1) is 5.41 Å². The molecule has 1 heterocycles. The van der Waals surface area contributed by atoms with Gasteiger partial charge < -0.3 is 15.2 Å². The van der Waals surface area contributed by atoms with Crippen LogP contribution < -0.4 is 14.8 Å². The van der Waals surface area contributed by atoms with Gasteiger partial charge in [-0.15, -0.1) is 0 Å². The van der Waals surface area contributed by atoms with Crippen molar-refractivity contribution in [3.8, 4) is 16.2 Å². The van der Waals surface area contributed by atoms with Crippen LogP contribution in [0.15, 0.2) is 77.7 Å². The summed E-state index contributed by atoms with van der Waals surface area (Å²) in [5.74, 6) is 0. The van der Waals surface area contributed by atoms with Gasteiger partial charge in [-0.25, -0.2) is 13.2 Å². The van der Waals surface area contributed by atoms with Crippen LogP contribution >= 0.6 is 11.3 Å². The van der Waals surface area contributed by atoms with Gasteiger partial charge >= 0.3 is 6.09 Å². The summed E-state index contributed by atoms with van der Waals surface area (Å²) < 4.78 is 35.8.